The second-order valence-electron chi connectivity index (χ2n) is 5.94. The van der Waals surface area contributed by atoms with Gasteiger partial charge in [-0.2, -0.15) is 0 Å². The van der Waals surface area contributed by atoms with Crippen molar-refractivity contribution in [2.45, 2.75) is 18.8 Å². The molecule has 4 heteroatoms. The van der Waals surface area contributed by atoms with Crippen LogP contribution in [-0.2, 0) is 14.9 Å². The van der Waals surface area contributed by atoms with Crippen molar-refractivity contribution in [1.29, 1.82) is 0 Å². The molecule has 3 rings (SSSR count). The average molecular weight is 326 g/mol. The molecule has 1 fully saturated rings. The van der Waals surface area contributed by atoms with Crippen molar-refractivity contribution in [1.82, 2.24) is 0 Å². The van der Waals surface area contributed by atoms with E-state index in [1.54, 1.807) is 14.2 Å². The summed E-state index contributed by atoms with van der Waals surface area (Å²) in [5, 5.41) is 0. The largest absolute Gasteiger partial charge is 0.497 e. The molecule has 4 nitrogen and oxygen atoms in total. The lowest BCUT2D eigenvalue weighted by Gasteiger charge is -2.19. The van der Waals surface area contributed by atoms with Gasteiger partial charge in [0, 0.05) is 5.41 Å². The summed E-state index contributed by atoms with van der Waals surface area (Å²) in [6.45, 7) is 2.24. The molecule has 0 N–H and O–H groups in total. The normalized spacial score (nSPS) is 17.9. The van der Waals surface area contributed by atoms with Crippen LogP contribution < -0.4 is 9.47 Å². The first-order chi connectivity index (χ1) is 11.7. The topological polar surface area (TPSA) is 44.8 Å². The highest BCUT2D eigenvalue weighted by Crippen LogP contribution is 2.59. The molecule has 1 atom stereocenters. The Labute approximate surface area is 142 Å². The Morgan fingerprint density at radius 3 is 1.79 bits per heavy atom. The maximum Gasteiger partial charge on any atom is 0.310 e. The zero-order valence-electron chi connectivity index (χ0n) is 14.2. The number of hydrogen-bond acceptors (Lipinski definition) is 4. The van der Waals surface area contributed by atoms with E-state index in [2.05, 4.69) is 0 Å². The summed E-state index contributed by atoms with van der Waals surface area (Å²) in [4.78, 5) is 12.3. The molecule has 0 unspecified atom stereocenters. The second-order valence-corrected chi connectivity index (χ2v) is 5.94. The summed E-state index contributed by atoms with van der Waals surface area (Å²) in [7, 11) is 3.29. The van der Waals surface area contributed by atoms with Gasteiger partial charge in [-0.15, -0.1) is 0 Å². The molecule has 0 saturated heterocycles. The number of esters is 1. The summed E-state index contributed by atoms with van der Waals surface area (Å²) in [5.74, 6) is 1.32. The fraction of sp³-hybridized carbons (Fsp3) is 0.350. The van der Waals surface area contributed by atoms with Crippen LogP contribution in [-0.4, -0.2) is 26.8 Å². The second kappa shape index (κ2) is 6.56. The number of benzene rings is 2. The van der Waals surface area contributed by atoms with E-state index in [1.165, 1.54) is 0 Å². The minimum absolute atomic E-state index is 0.135. The number of ether oxygens (including phenoxy) is 3. The minimum Gasteiger partial charge on any atom is -0.497 e. The SMILES string of the molecule is CCOC(=O)[C@@H]1CC1(c1ccc(OC)cc1)c1ccc(OC)cc1. The zero-order valence-corrected chi connectivity index (χ0v) is 14.2. The molecule has 1 saturated carbocycles. The van der Waals surface area contributed by atoms with Crippen LogP contribution in [0.15, 0.2) is 48.5 Å². The Balaban J connectivity index is 1.99. The van der Waals surface area contributed by atoms with E-state index in [0.717, 1.165) is 29.0 Å². The Morgan fingerprint density at radius 2 is 1.42 bits per heavy atom. The molecule has 0 bridgehead atoms. The van der Waals surface area contributed by atoms with Gasteiger partial charge in [-0.1, -0.05) is 24.3 Å². The van der Waals surface area contributed by atoms with Gasteiger partial charge >= 0.3 is 5.97 Å². The standard InChI is InChI=1S/C20H22O4/c1-4-24-19(21)18-13-20(18,14-5-9-16(22-2)10-6-14)15-7-11-17(23-3)12-8-15/h5-12,18H,4,13H2,1-3H3/t18-/m0/s1. The van der Waals surface area contributed by atoms with Crippen LogP contribution in [0.2, 0.25) is 0 Å². The van der Waals surface area contributed by atoms with E-state index in [1.807, 2.05) is 55.5 Å². The minimum atomic E-state index is -0.329. The van der Waals surface area contributed by atoms with Crippen LogP contribution in [0.4, 0.5) is 0 Å². The molecule has 0 amide bonds. The van der Waals surface area contributed by atoms with Crippen molar-refractivity contribution in [2.75, 3.05) is 20.8 Å². The van der Waals surface area contributed by atoms with E-state index in [0.29, 0.717) is 6.61 Å². The van der Waals surface area contributed by atoms with Gasteiger partial charge in [0.05, 0.1) is 26.7 Å². The van der Waals surface area contributed by atoms with E-state index >= 15 is 0 Å². The van der Waals surface area contributed by atoms with Gasteiger partial charge < -0.3 is 14.2 Å². The third-order valence-corrected chi connectivity index (χ3v) is 4.74. The molecule has 0 aromatic heterocycles. The molecule has 1 aliphatic carbocycles. The molecule has 0 spiro atoms. The fourth-order valence-electron chi connectivity index (χ4n) is 3.37. The summed E-state index contributed by atoms with van der Waals surface area (Å²) >= 11 is 0. The van der Waals surface area contributed by atoms with Crippen LogP contribution in [0.5, 0.6) is 11.5 Å². The lowest BCUT2D eigenvalue weighted by Crippen LogP contribution is -2.19. The van der Waals surface area contributed by atoms with Crippen molar-refractivity contribution in [3.63, 3.8) is 0 Å². The Morgan fingerprint density at radius 1 is 0.958 bits per heavy atom. The highest BCUT2D eigenvalue weighted by molar-refractivity contribution is 5.81. The molecular weight excluding hydrogens is 304 g/mol. The molecule has 1 aliphatic rings. The van der Waals surface area contributed by atoms with Gasteiger partial charge in [0.15, 0.2) is 0 Å². The van der Waals surface area contributed by atoms with Crippen molar-refractivity contribution >= 4 is 5.97 Å². The Kier molecular flexibility index (Phi) is 4.47. The number of rotatable bonds is 6. The summed E-state index contributed by atoms with van der Waals surface area (Å²) < 4.78 is 15.8. The first-order valence-corrected chi connectivity index (χ1v) is 8.11. The Hall–Kier alpha value is -2.49. The van der Waals surface area contributed by atoms with Gasteiger partial charge in [0.2, 0.25) is 0 Å². The highest BCUT2D eigenvalue weighted by Gasteiger charge is 2.61. The predicted octanol–water partition coefficient (Wildman–Crippen LogP) is 3.57. The predicted molar refractivity (Wildman–Crippen MR) is 91.5 cm³/mol. The van der Waals surface area contributed by atoms with Crippen molar-refractivity contribution in [2.24, 2.45) is 5.92 Å². The smallest absolute Gasteiger partial charge is 0.310 e. The first kappa shape index (κ1) is 16.4. The molecule has 2 aromatic carbocycles. The van der Waals surface area contributed by atoms with E-state index in [9.17, 15) is 4.79 Å². The van der Waals surface area contributed by atoms with Crippen molar-refractivity contribution < 1.29 is 19.0 Å². The molecule has 0 heterocycles. The molecular formula is C20H22O4. The molecule has 2 aromatic rings. The maximum absolute atomic E-state index is 12.3. The van der Waals surface area contributed by atoms with Crippen LogP contribution >= 0.6 is 0 Å². The summed E-state index contributed by atoms with van der Waals surface area (Å²) in [6.07, 6.45) is 0.754. The highest BCUT2D eigenvalue weighted by atomic mass is 16.5. The van der Waals surface area contributed by atoms with Gasteiger partial charge in [-0.25, -0.2) is 0 Å². The van der Waals surface area contributed by atoms with Crippen LogP contribution in [0, 0.1) is 5.92 Å². The fourth-order valence-corrected chi connectivity index (χ4v) is 3.37. The zero-order chi connectivity index (χ0) is 17.2. The summed E-state index contributed by atoms with van der Waals surface area (Å²) in [6, 6.07) is 15.8. The lowest BCUT2D eigenvalue weighted by molar-refractivity contribution is -0.145. The van der Waals surface area contributed by atoms with Crippen molar-refractivity contribution in [3.8, 4) is 11.5 Å². The lowest BCUT2D eigenvalue weighted by atomic mass is 9.85. The van der Waals surface area contributed by atoms with Gasteiger partial charge in [-0.3, -0.25) is 4.79 Å². The van der Waals surface area contributed by atoms with Crippen LogP contribution in [0.3, 0.4) is 0 Å². The number of methoxy groups -OCH3 is 2. The van der Waals surface area contributed by atoms with E-state index in [-0.39, 0.29) is 17.3 Å². The number of hydrogen-bond donors (Lipinski definition) is 0. The maximum atomic E-state index is 12.3. The van der Waals surface area contributed by atoms with Gasteiger partial charge in [0.25, 0.3) is 0 Å². The van der Waals surface area contributed by atoms with E-state index in [4.69, 9.17) is 14.2 Å². The molecule has 126 valence electrons. The number of carbonyl (C=O) groups is 1. The summed E-state index contributed by atoms with van der Waals surface area (Å²) in [5.41, 5.74) is 1.88. The van der Waals surface area contributed by atoms with Gasteiger partial charge in [-0.05, 0) is 48.7 Å². The van der Waals surface area contributed by atoms with Gasteiger partial charge in [0.1, 0.15) is 11.5 Å². The molecule has 0 radical (unpaired) electrons. The third kappa shape index (κ3) is 2.73. The van der Waals surface area contributed by atoms with Crippen LogP contribution in [0.25, 0.3) is 0 Å². The molecule has 24 heavy (non-hydrogen) atoms. The number of carbonyl (C=O) groups excluding carboxylic acids is 1. The van der Waals surface area contributed by atoms with E-state index < -0.39 is 0 Å². The van der Waals surface area contributed by atoms with Crippen molar-refractivity contribution in [3.05, 3.63) is 59.7 Å². The first-order valence-electron chi connectivity index (χ1n) is 8.11. The average Bonchev–Trinajstić information content (AvgIpc) is 3.39. The quantitative estimate of drug-likeness (QED) is 0.761. The Bertz CT molecular complexity index is 656. The third-order valence-electron chi connectivity index (χ3n) is 4.74. The molecule has 0 aliphatic heterocycles. The monoisotopic (exact) mass is 326 g/mol. The van der Waals surface area contributed by atoms with Crippen LogP contribution in [0.1, 0.15) is 24.5 Å².